The molecule has 8 atom stereocenters. The van der Waals surface area contributed by atoms with E-state index in [-0.39, 0.29) is 36.4 Å². The van der Waals surface area contributed by atoms with Crippen LogP contribution in [0.4, 0.5) is 0 Å². The molecule has 0 aromatic rings. The summed E-state index contributed by atoms with van der Waals surface area (Å²) < 4.78 is 12.1. The third-order valence-electron chi connectivity index (χ3n) is 6.35. The topological polar surface area (TPSA) is 79.3 Å². The average Bonchev–Trinajstić information content (AvgIpc) is 3.26. The lowest BCUT2D eigenvalue weighted by molar-refractivity contribution is -0.143. The van der Waals surface area contributed by atoms with Gasteiger partial charge in [0.1, 0.15) is 0 Å². The number of rotatable bonds is 10. The molecule has 5 nitrogen and oxygen atoms in total. The Morgan fingerprint density at radius 2 is 1.97 bits per heavy atom. The summed E-state index contributed by atoms with van der Waals surface area (Å²) in [6.45, 7) is 12.6. The lowest BCUT2D eigenvalue weighted by Crippen LogP contribution is -2.35. The van der Waals surface area contributed by atoms with Gasteiger partial charge in [-0.25, -0.2) is 0 Å². The minimum atomic E-state index is -0.796. The molecule has 0 aromatic heterocycles. The molecule has 0 bridgehead atoms. The first kappa shape index (κ1) is 24.1. The first-order chi connectivity index (χ1) is 13.5. The molecule has 2 aliphatic rings. The predicted molar refractivity (Wildman–Crippen MR) is 115 cm³/mol. The van der Waals surface area contributed by atoms with Crippen LogP contribution in [0.15, 0.2) is 23.8 Å². The average molecular weight is 409 g/mol. The Hall–Kier alpha value is -1.17. The van der Waals surface area contributed by atoms with Gasteiger partial charge >= 0.3 is 5.97 Å². The van der Waals surface area contributed by atoms with Crippen molar-refractivity contribution < 1.29 is 24.5 Å². The van der Waals surface area contributed by atoms with E-state index in [1.165, 1.54) is 0 Å². The molecular formula is C24H40O5. The number of aliphatic hydroxyl groups excluding tert-OH is 1. The molecular weight excluding hydrogens is 368 g/mol. The van der Waals surface area contributed by atoms with Gasteiger partial charge in [-0.05, 0) is 69.8 Å². The first-order valence-corrected chi connectivity index (χ1v) is 11.1. The van der Waals surface area contributed by atoms with Crippen molar-refractivity contribution >= 4 is 5.97 Å². The summed E-state index contributed by atoms with van der Waals surface area (Å²) in [5, 5.41) is 18.6. The zero-order valence-electron chi connectivity index (χ0n) is 18.9. The van der Waals surface area contributed by atoms with Crippen molar-refractivity contribution in [1.82, 2.24) is 0 Å². The van der Waals surface area contributed by atoms with Gasteiger partial charge in [0.2, 0.25) is 0 Å². The van der Waals surface area contributed by atoms with Gasteiger partial charge in [0.25, 0.3) is 0 Å². The van der Waals surface area contributed by atoms with Gasteiger partial charge in [0.05, 0.1) is 36.4 Å². The van der Waals surface area contributed by atoms with Gasteiger partial charge in [-0.15, -0.1) is 0 Å². The first-order valence-electron chi connectivity index (χ1n) is 11.1. The molecule has 0 amide bonds. The number of hydrogen-bond donors (Lipinski definition) is 2. The van der Waals surface area contributed by atoms with Crippen molar-refractivity contribution in [2.45, 2.75) is 104 Å². The Morgan fingerprint density at radius 3 is 2.59 bits per heavy atom. The molecule has 0 aliphatic carbocycles. The Kier molecular flexibility index (Phi) is 8.50. The van der Waals surface area contributed by atoms with Crippen LogP contribution in [0, 0.1) is 17.8 Å². The largest absolute Gasteiger partial charge is 0.481 e. The highest BCUT2D eigenvalue weighted by Crippen LogP contribution is 2.46. The van der Waals surface area contributed by atoms with Crippen LogP contribution in [0.5, 0.6) is 0 Å². The van der Waals surface area contributed by atoms with Crippen LogP contribution in [0.3, 0.4) is 0 Å². The van der Waals surface area contributed by atoms with Crippen molar-refractivity contribution in [3.8, 4) is 0 Å². The van der Waals surface area contributed by atoms with Crippen molar-refractivity contribution in [2.24, 2.45) is 17.8 Å². The van der Waals surface area contributed by atoms with E-state index in [0.29, 0.717) is 17.8 Å². The number of carboxylic acids is 1. The number of epoxide rings is 1. The summed E-state index contributed by atoms with van der Waals surface area (Å²) in [5.41, 5.74) is 1.05. The maximum Gasteiger partial charge on any atom is 0.305 e. The molecule has 166 valence electrons. The molecule has 2 rings (SSSR count). The van der Waals surface area contributed by atoms with Crippen molar-refractivity contribution in [3.05, 3.63) is 23.8 Å². The maximum absolute atomic E-state index is 11.0. The monoisotopic (exact) mass is 408 g/mol. The fraction of sp³-hybridized carbons (Fsp3) is 0.792. The number of aliphatic carboxylic acids is 1. The molecule has 0 saturated carbocycles. The lowest BCUT2D eigenvalue weighted by Gasteiger charge is -2.35. The number of carbonyl (C=O) groups is 1. The van der Waals surface area contributed by atoms with E-state index in [2.05, 4.69) is 52.8 Å². The van der Waals surface area contributed by atoms with Crippen molar-refractivity contribution in [2.75, 3.05) is 0 Å². The summed E-state index contributed by atoms with van der Waals surface area (Å²) in [6.07, 6.45) is 9.77. The quantitative estimate of drug-likeness (QED) is 0.403. The third kappa shape index (κ3) is 7.23. The highest BCUT2D eigenvalue weighted by molar-refractivity contribution is 5.67. The second kappa shape index (κ2) is 10.2. The highest BCUT2D eigenvalue weighted by atomic mass is 16.6. The van der Waals surface area contributed by atoms with Gasteiger partial charge < -0.3 is 19.7 Å². The Morgan fingerprint density at radius 1 is 1.28 bits per heavy atom. The molecule has 2 N–H and O–H groups in total. The van der Waals surface area contributed by atoms with Crippen molar-refractivity contribution in [1.29, 1.82) is 0 Å². The number of carboxylic acid groups (broad SMARTS) is 1. The highest BCUT2D eigenvalue weighted by Gasteiger charge is 2.54. The molecule has 2 saturated heterocycles. The smallest absolute Gasteiger partial charge is 0.305 e. The molecule has 2 aliphatic heterocycles. The normalized spacial score (nSPS) is 36.0. The number of hydrogen-bond acceptors (Lipinski definition) is 4. The van der Waals surface area contributed by atoms with E-state index >= 15 is 0 Å². The molecule has 0 unspecified atom stereocenters. The SMILES string of the molecule is C/C(=C\C=C\[C@@H](C)C[C@@]1(C)O[C@@H]1[C@H](C)C[C@@H](C)O)[C@H]1O[C@@H](CC(=O)O)CC[C@@H]1C. The molecule has 5 heteroatoms. The minimum Gasteiger partial charge on any atom is -0.481 e. The van der Waals surface area contributed by atoms with Crippen LogP contribution in [0.25, 0.3) is 0 Å². The number of ether oxygens (including phenoxy) is 2. The molecule has 0 radical (unpaired) electrons. The van der Waals surface area contributed by atoms with E-state index in [1.54, 1.807) is 0 Å². The molecule has 2 fully saturated rings. The Bertz CT molecular complexity index is 610. The molecule has 0 spiro atoms. The number of allylic oxidation sites excluding steroid dienone is 3. The fourth-order valence-electron chi connectivity index (χ4n) is 4.91. The van der Waals surface area contributed by atoms with Crippen molar-refractivity contribution in [3.63, 3.8) is 0 Å². The lowest BCUT2D eigenvalue weighted by atomic mass is 9.87. The fourth-order valence-corrected chi connectivity index (χ4v) is 4.91. The minimum absolute atomic E-state index is 0.0111. The zero-order valence-corrected chi connectivity index (χ0v) is 18.9. The van der Waals surface area contributed by atoms with Gasteiger partial charge in [-0.3, -0.25) is 4.79 Å². The van der Waals surface area contributed by atoms with Gasteiger partial charge in [-0.1, -0.05) is 39.0 Å². The van der Waals surface area contributed by atoms with E-state index in [1.807, 2.05) is 6.92 Å². The third-order valence-corrected chi connectivity index (χ3v) is 6.35. The molecule has 29 heavy (non-hydrogen) atoms. The summed E-state index contributed by atoms with van der Waals surface area (Å²) in [5.74, 6) is 0.354. The molecule has 0 aromatic carbocycles. The second-order valence-electron chi connectivity index (χ2n) is 9.72. The van der Waals surface area contributed by atoms with Crippen LogP contribution < -0.4 is 0 Å². The van der Waals surface area contributed by atoms with Crippen LogP contribution in [-0.2, 0) is 14.3 Å². The van der Waals surface area contributed by atoms with E-state index in [9.17, 15) is 9.90 Å². The van der Waals surface area contributed by atoms with Crippen LogP contribution >= 0.6 is 0 Å². The number of aliphatic hydroxyl groups is 1. The Labute approximate surface area is 176 Å². The Balaban J connectivity index is 1.85. The molecule has 2 heterocycles. The summed E-state index contributed by atoms with van der Waals surface area (Å²) in [4.78, 5) is 11.0. The predicted octanol–water partition coefficient (Wildman–Crippen LogP) is 4.74. The van der Waals surface area contributed by atoms with E-state index in [4.69, 9.17) is 14.6 Å². The summed E-state index contributed by atoms with van der Waals surface area (Å²) in [7, 11) is 0. The summed E-state index contributed by atoms with van der Waals surface area (Å²) >= 11 is 0. The standard InChI is InChI=1S/C24H40O5/c1-15(14-24(6)23(29-24)18(4)12-19(5)25)8-7-9-16(2)22-17(3)10-11-20(28-22)13-21(26)27/h7-9,15,17-20,22-23,25H,10-14H2,1-6H3,(H,26,27)/b8-7+,16-9+/t15-,17+,18-,19-,20-,22-,23-,24-/m1/s1. The van der Waals surface area contributed by atoms with Gasteiger partial charge in [0, 0.05) is 0 Å². The second-order valence-corrected chi connectivity index (χ2v) is 9.72. The zero-order chi connectivity index (χ0) is 21.8. The van der Waals surface area contributed by atoms with Gasteiger partial charge in [0.15, 0.2) is 0 Å². The van der Waals surface area contributed by atoms with E-state index < -0.39 is 5.97 Å². The van der Waals surface area contributed by atoms with Crippen LogP contribution in [-0.4, -0.2) is 46.2 Å². The van der Waals surface area contributed by atoms with E-state index in [0.717, 1.165) is 31.3 Å². The summed E-state index contributed by atoms with van der Waals surface area (Å²) in [6, 6.07) is 0. The van der Waals surface area contributed by atoms with Gasteiger partial charge in [-0.2, -0.15) is 0 Å². The maximum atomic E-state index is 11.0. The van der Waals surface area contributed by atoms with Crippen LogP contribution in [0.2, 0.25) is 0 Å². The van der Waals surface area contributed by atoms with Crippen LogP contribution in [0.1, 0.15) is 73.6 Å².